The first-order chi connectivity index (χ1) is 15.8. The number of anilines is 4. The largest absolute Gasteiger partial charge is 0.355 e. The number of fused-ring (bicyclic) bond motifs is 1. The number of nitrogens with one attached hydrogen (secondary N) is 2. The van der Waals surface area contributed by atoms with Crippen molar-refractivity contribution in [3.63, 3.8) is 0 Å². The third kappa shape index (κ3) is 4.55. The summed E-state index contributed by atoms with van der Waals surface area (Å²) in [6.07, 6.45) is 4.27. The molecule has 0 radical (unpaired) electrons. The molecule has 0 spiro atoms. The summed E-state index contributed by atoms with van der Waals surface area (Å²) in [5.74, 6) is 0. The van der Waals surface area contributed by atoms with Gasteiger partial charge in [-0.15, -0.1) is 0 Å². The van der Waals surface area contributed by atoms with Gasteiger partial charge in [-0.2, -0.15) is 0 Å². The van der Waals surface area contributed by atoms with Crippen molar-refractivity contribution >= 4 is 45.7 Å². The predicted octanol–water partition coefficient (Wildman–Crippen LogP) is 8.50. The molecule has 2 nitrogen and oxygen atoms in total. The van der Waals surface area contributed by atoms with E-state index in [-0.39, 0.29) is 0 Å². The number of rotatable bonds is 6. The molecule has 5 aromatic rings. The fourth-order valence-corrected chi connectivity index (χ4v) is 3.78. The molecular weight excluding hydrogens is 388 g/mol. The van der Waals surface area contributed by atoms with E-state index in [1.165, 1.54) is 21.9 Å². The van der Waals surface area contributed by atoms with Crippen LogP contribution in [-0.4, -0.2) is 0 Å². The van der Waals surface area contributed by atoms with Crippen molar-refractivity contribution in [2.45, 2.75) is 0 Å². The minimum atomic E-state index is 1.07. The molecule has 5 rings (SSSR count). The minimum absolute atomic E-state index is 1.07. The lowest BCUT2D eigenvalue weighted by atomic mass is 10.1. The van der Waals surface area contributed by atoms with Crippen LogP contribution in [0.15, 0.2) is 121 Å². The van der Waals surface area contributed by atoms with Gasteiger partial charge >= 0.3 is 0 Å². The van der Waals surface area contributed by atoms with Gasteiger partial charge in [0.15, 0.2) is 0 Å². The molecule has 0 aliphatic rings. The zero-order valence-corrected chi connectivity index (χ0v) is 17.7. The first-order valence-corrected chi connectivity index (χ1v) is 10.8. The molecule has 0 amide bonds. The summed E-state index contributed by atoms with van der Waals surface area (Å²) in [4.78, 5) is 0. The van der Waals surface area contributed by atoms with Crippen molar-refractivity contribution in [2.75, 3.05) is 10.6 Å². The number of para-hydroxylation sites is 1. The molecule has 2 heteroatoms. The molecule has 5 aromatic carbocycles. The van der Waals surface area contributed by atoms with Crippen LogP contribution in [0.2, 0.25) is 0 Å². The lowest BCUT2D eigenvalue weighted by Crippen LogP contribution is -1.95. The SMILES string of the molecule is C(=Cc1ccc(Nc2ccc(Nc3ccccc3)c3ccccc23)cc1)c1ccccc1. The van der Waals surface area contributed by atoms with Crippen LogP contribution in [-0.2, 0) is 0 Å². The van der Waals surface area contributed by atoms with Gasteiger partial charge in [0.2, 0.25) is 0 Å². The van der Waals surface area contributed by atoms with E-state index in [9.17, 15) is 0 Å². The van der Waals surface area contributed by atoms with Crippen LogP contribution in [0.1, 0.15) is 11.1 Å². The highest BCUT2D eigenvalue weighted by Gasteiger charge is 2.06. The summed E-state index contributed by atoms with van der Waals surface area (Å²) in [7, 11) is 0. The first-order valence-electron chi connectivity index (χ1n) is 10.8. The summed E-state index contributed by atoms with van der Waals surface area (Å²) < 4.78 is 0. The fourth-order valence-electron chi connectivity index (χ4n) is 3.78. The molecule has 154 valence electrons. The highest BCUT2D eigenvalue weighted by Crippen LogP contribution is 2.33. The lowest BCUT2D eigenvalue weighted by molar-refractivity contribution is 1.54. The average Bonchev–Trinajstić information content (AvgIpc) is 2.86. The Morgan fingerprint density at radius 1 is 0.375 bits per heavy atom. The normalized spacial score (nSPS) is 11.0. The topological polar surface area (TPSA) is 24.1 Å². The van der Waals surface area contributed by atoms with Gasteiger partial charge in [-0.1, -0.05) is 97.1 Å². The van der Waals surface area contributed by atoms with Gasteiger partial charge in [0, 0.05) is 33.5 Å². The zero-order chi connectivity index (χ0) is 21.6. The lowest BCUT2D eigenvalue weighted by Gasteiger charge is -2.15. The number of hydrogen-bond acceptors (Lipinski definition) is 2. The van der Waals surface area contributed by atoms with Gasteiger partial charge in [0.05, 0.1) is 0 Å². The zero-order valence-electron chi connectivity index (χ0n) is 17.7. The maximum Gasteiger partial charge on any atom is 0.0465 e. The van der Waals surface area contributed by atoms with Gasteiger partial charge in [0.1, 0.15) is 0 Å². The van der Waals surface area contributed by atoms with Crippen LogP contribution < -0.4 is 10.6 Å². The molecule has 0 unspecified atom stereocenters. The Bertz CT molecular complexity index is 1340. The molecule has 2 N–H and O–H groups in total. The Hall–Kier alpha value is -4.30. The third-order valence-electron chi connectivity index (χ3n) is 5.43. The average molecular weight is 413 g/mol. The molecule has 0 heterocycles. The Kier molecular flexibility index (Phi) is 5.67. The molecular formula is C30H24N2. The Labute approximate surface area is 188 Å². The molecule has 32 heavy (non-hydrogen) atoms. The molecule has 0 aliphatic heterocycles. The van der Waals surface area contributed by atoms with Crippen molar-refractivity contribution in [1.82, 2.24) is 0 Å². The molecule has 0 saturated heterocycles. The predicted molar refractivity (Wildman–Crippen MR) is 139 cm³/mol. The van der Waals surface area contributed by atoms with Crippen molar-refractivity contribution < 1.29 is 0 Å². The fraction of sp³-hybridized carbons (Fsp3) is 0. The molecule has 0 aromatic heterocycles. The second-order valence-electron chi connectivity index (χ2n) is 7.69. The van der Waals surface area contributed by atoms with Gasteiger partial charge in [-0.3, -0.25) is 0 Å². The summed E-state index contributed by atoms with van der Waals surface area (Å²) in [6, 6.07) is 41.9. The van der Waals surface area contributed by atoms with E-state index < -0.39 is 0 Å². The van der Waals surface area contributed by atoms with Gasteiger partial charge in [-0.25, -0.2) is 0 Å². The van der Waals surface area contributed by atoms with Crippen molar-refractivity contribution in [1.29, 1.82) is 0 Å². The second-order valence-corrected chi connectivity index (χ2v) is 7.69. The van der Waals surface area contributed by atoms with E-state index >= 15 is 0 Å². The Morgan fingerprint density at radius 3 is 1.38 bits per heavy atom. The van der Waals surface area contributed by atoms with Crippen LogP contribution in [0.5, 0.6) is 0 Å². The molecule has 0 fully saturated rings. The quantitative estimate of drug-likeness (QED) is 0.273. The summed E-state index contributed by atoms with van der Waals surface area (Å²) in [6.45, 7) is 0. The molecule has 0 atom stereocenters. The second kappa shape index (κ2) is 9.23. The maximum atomic E-state index is 3.59. The monoisotopic (exact) mass is 412 g/mol. The van der Waals surface area contributed by atoms with E-state index in [0.29, 0.717) is 0 Å². The highest BCUT2D eigenvalue weighted by atomic mass is 14.9. The van der Waals surface area contributed by atoms with E-state index in [4.69, 9.17) is 0 Å². The van der Waals surface area contributed by atoms with Crippen LogP contribution in [0, 0.1) is 0 Å². The van der Waals surface area contributed by atoms with E-state index in [0.717, 1.165) is 22.7 Å². The summed E-state index contributed by atoms with van der Waals surface area (Å²) in [5.41, 5.74) is 6.70. The van der Waals surface area contributed by atoms with Gasteiger partial charge < -0.3 is 10.6 Å². The Balaban J connectivity index is 1.37. The van der Waals surface area contributed by atoms with E-state index in [1.54, 1.807) is 0 Å². The van der Waals surface area contributed by atoms with Crippen molar-refractivity contribution in [3.8, 4) is 0 Å². The molecule has 0 saturated carbocycles. The summed E-state index contributed by atoms with van der Waals surface area (Å²) >= 11 is 0. The van der Waals surface area contributed by atoms with Crippen molar-refractivity contribution in [2.24, 2.45) is 0 Å². The van der Waals surface area contributed by atoms with Crippen LogP contribution >= 0.6 is 0 Å². The van der Waals surface area contributed by atoms with Gasteiger partial charge in [0.25, 0.3) is 0 Å². The minimum Gasteiger partial charge on any atom is -0.355 e. The Morgan fingerprint density at radius 2 is 0.812 bits per heavy atom. The number of hydrogen-bond donors (Lipinski definition) is 2. The smallest absolute Gasteiger partial charge is 0.0465 e. The van der Waals surface area contributed by atoms with E-state index in [1.807, 2.05) is 24.3 Å². The van der Waals surface area contributed by atoms with Crippen LogP contribution in [0.25, 0.3) is 22.9 Å². The third-order valence-corrected chi connectivity index (χ3v) is 5.43. The van der Waals surface area contributed by atoms with Crippen LogP contribution in [0.4, 0.5) is 22.7 Å². The summed E-state index contributed by atoms with van der Waals surface area (Å²) in [5, 5.41) is 9.49. The van der Waals surface area contributed by atoms with Crippen molar-refractivity contribution in [3.05, 3.63) is 132 Å². The maximum absolute atomic E-state index is 3.59. The number of benzene rings is 5. The molecule has 0 bridgehead atoms. The first kappa shape index (κ1) is 19.7. The van der Waals surface area contributed by atoms with E-state index in [2.05, 4.69) is 120 Å². The molecule has 0 aliphatic carbocycles. The highest BCUT2D eigenvalue weighted by molar-refractivity contribution is 6.03. The van der Waals surface area contributed by atoms with Gasteiger partial charge in [-0.05, 0) is 47.5 Å². The standard InChI is InChI=1S/C30H24N2/c1-3-9-23(10-4-1)15-16-24-17-19-26(20-18-24)32-30-22-21-29(27-13-7-8-14-28(27)30)31-25-11-5-2-6-12-25/h1-22,31-32H. The van der Waals surface area contributed by atoms with Crippen LogP contribution in [0.3, 0.4) is 0 Å².